The summed E-state index contributed by atoms with van der Waals surface area (Å²) < 4.78 is 5.68. The van der Waals surface area contributed by atoms with Crippen molar-refractivity contribution in [1.82, 2.24) is 14.7 Å². The molecule has 0 N–H and O–H groups in total. The highest BCUT2D eigenvalue weighted by Crippen LogP contribution is 2.15. The molecule has 0 saturated carbocycles. The van der Waals surface area contributed by atoms with E-state index >= 15 is 0 Å². The Hall–Kier alpha value is -1.79. The number of carbonyl (C=O) groups excluding carboxylic acids is 2. The summed E-state index contributed by atoms with van der Waals surface area (Å²) >= 11 is 5.85. The van der Waals surface area contributed by atoms with Gasteiger partial charge in [0.2, 0.25) is 11.8 Å². The Morgan fingerprint density at radius 2 is 1.72 bits per heavy atom. The molecule has 0 radical (unpaired) electrons. The minimum atomic E-state index is -0.224. The number of ether oxygens (including phenoxy) is 1. The van der Waals surface area contributed by atoms with Crippen LogP contribution in [0.1, 0.15) is 13.8 Å². The zero-order chi connectivity index (χ0) is 18.4. The lowest BCUT2D eigenvalue weighted by Crippen LogP contribution is -2.54. The number of hydrogen-bond donors (Lipinski definition) is 0. The molecule has 6 nitrogen and oxygen atoms in total. The van der Waals surface area contributed by atoms with Crippen molar-refractivity contribution in [1.29, 1.82) is 0 Å². The van der Waals surface area contributed by atoms with Gasteiger partial charge in [-0.3, -0.25) is 14.5 Å². The van der Waals surface area contributed by atoms with Crippen LogP contribution < -0.4 is 4.74 Å². The molecule has 1 fully saturated rings. The van der Waals surface area contributed by atoms with E-state index in [1.54, 1.807) is 24.0 Å². The lowest BCUT2D eigenvalue weighted by atomic mass is 10.2. The van der Waals surface area contributed by atoms with Crippen LogP contribution in [-0.4, -0.2) is 78.9 Å². The topological polar surface area (TPSA) is 53.1 Å². The maximum absolute atomic E-state index is 12.6. The van der Waals surface area contributed by atoms with Crippen molar-refractivity contribution >= 4 is 23.4 Å². The molecular formula is C18H26ClN3O3. The normalized spacial score (nSPS) is 16.0. The fraction of sp³-hybridized carbons (Fsp3) is 0.556. The Morgan fingerprint density at radius 1 is 1.16 bits per heavy atom. The van der Waals surface area contributed by atoms with E-state index in [1.807, 2.05) is 35.9 Å². The van der Waals surface area contributed by atoms with Crippen LogP contribution in [0.25, 0.3) is 0 Å². The molecule has 1 atom stereocenters. The van der Waals surface area contributed by atoms with Crippen LogP contribution in [-0.2, 0) is 9.59 Å². The number of amides is 2. The van der Waals surface area contributed by atoms with E-state index < -0.39 is 0 Å². The number of hydrogen-bond acceptors (Lipinski definition) is 4. The van der Waals surface area contributed by atoms with E-state index in [-0.39, 0.29) is 17.9 Å². The molecule has 1 aromatic rings. The summed E-state index contributed by atoms with van der Waals surface area (Å²) in [5.74, 6) is 0.922. The standard InChI is InChI=1S/C18H26ClN3O3/c1-14(18(24)22-10-8-21(9-11-22)15(2)23)20(3)12-13-25-17-6-4-16(19)5-7-17/h4-7,14H,8-13H2,1-3H3. The van der Waals surface area contributed by atoms with E-state index in [0.29, 0.717) is 44.4 Å². The molecule has 1 aromatic carbocycles. The highest BCUT2D eigenvalue weighted by Gasteiger charge is 2.27. The van der Waals surface area contributed by atoms with E-state index in [0.717, 1.165) is 5.75 Å². The molecule has 2 rings (SSSR count). The largest absolute Gasteiger partial charge is 0.492 e. The van der Waals surface area contributed by atoms with Crippen molar-refractivity contribution in [2.45, 2.75) is 19.9 Å². The highest BCUT2D eigenvalue weighted by molar-refractivity contribution is 6.30. The summed E-state index contributed by atoms with van der Waals surface area (Å²) in [5.41, 5.74) is 0. The van der Waals surface area contributed by atoms with Crippen LogP contribution in [0, 0.1) is 0 Å². The average molecular weight is 368 g/mol. The van der Waals surface area contributed by atoms with Gasteiger partial charge >= 0.3 is 0 Å². The fourth-order valence-corrected chi connectivity index (χ4v) is 2.85. The first kappa shape index (κ1) is 19.5. The number of benzene rings is 1. The Morgan fingerprint density at radius 3 is 2.28 bits per heavy atom. The van der Waals surface area contributed by atoms with Gasteiger partial charge in [-0.25, -0.2) is 0 Å². The van der Waals surface area contributed by atoms with Crippen LogP contribution in [0.4, 0.5) is 0 Å². The summed E-state index contributed by atoms with van der Waals surface area (Å²) in [6.45, 7) is 7.01. The van der Waals surface area contributed by atoms with Crippen molar-refractivity contribution < 1.29 is 14.3 Å². The van der Waals surface area contributed by atoms with Gasteiger partial charge < -0.3 is 14.5 Å². The van der Waals surface area contributed by atoms with Crippen molar-refractivity contribution in [3.05, 3.63) is 29.3 Å². The Labute approximate surface area is 154 Å². The SMILES string of the molecule is CC(=O)N1CCN(C(=O)C(C)N(C)CCOc2ccc(Cl)cc2)CC1. The number of piperazine rings is 1. The van der Waals surface area contributed by atoms with Gasteiger partial charge in [0.1, 0.15) is 12.4 Å². The number of halogens is 1. The van der Waals surface area contributed by atoms with Gasteiger partial charge in [-0.1, -0.05) is 11.6 Å². The minimum absolute atomic E-state index is 0.0663. The molecule has 0 bridgehead atoms. The molecule has 1 heterocycles. The first-order chi connectivity index (χ1) is 11.9. The van der Waals surface area contributed by atoms with Gasteiger partial charge in [0.25, 0.3) is 0 Å². The summed E-state index contributed by atoms with van der Waals surface area (Å²) in [7, 11) is 1.92. The zero-order valence-corrected chi connectivity index (χ0v) is 15.8. The number of likely N-dealkylation sites (N-methyl/N-ethyl adjacent to an activating group) is 1. The van der Waals surface area contributed by atoms with E-state index in [2.05, 4.69) is 0 Å². The molecule has 25 heavy (non-hydrogen) atoms. The van der Waals surface area contributed by atoms with E-state index in [1.165, 1.54) is 0 Å². The second-order valence-corrected chi connectivity index (χ2v) is 6.73. The van der Waals surface area contributed by atoms with Crippen LogP contribution in [0.15, 0.2) is 24.3 Å². The second-order valence-electron chi connectivity index (χ2n) is 6.29. The van der Waals surface area contributed by atoms with Gasteiger partial charge in [0, 0.05) is 44.7 Å². The first-order valence-electron chi connectivity index (χ1n) is 8.51. The Kier molecular flexibility index (Phi) is 7.08. The molecule has 1 saturated heterocycles. The van der Waals surface area contributed by atoms with Crippen LogP contribution in [0.5, 0.6) is 5.75 Å². The van der Waals surface area contributed by atoms with Crippen LogP contribution in [0.2, 0.25) is 5.02 Å². The van der Waals surface area contributed by atoms with Gasteiger partial charge in [-0.2, -0.15) is 0 Å². The predicted octanol–water partition coefficient (Wildman–Crippen LogP) is 1.73. The maximum atomic E-state index is 12.6. The van der Waals surface area contributed by atoms with Gasteiger partial charge in [-0.05, 0) is 38.2 Å². The molecule has 0 aromatic heterocycles. The summed E-state index contributed by atoms with van der Waals surface area (Å²) in [5, 5.41) is 0.675. The van der Waals surface area contributed by atoms with Crippen LogP contribution >= 0.6 is 11.6 Å². The molecule has 0 spiro atoms. The third kappa shape index (κ3) is 5.61. The Balaban J connectivity index is 1.75. The summed E-state index contributed by atoms with van der Waals surface area (Å²) in [6, 6.07) is 7.00. The number of nitrogens with zero attached hydrogens (tertiary/aromatic N) is 3. The molecule has 7 heteroatoms. The molecule has 1 aliphatic heterocycles. The summed E-state index contributed by atoms with van der Waals surface area (Å²) in [6.07, 6.45) is 0. The third-order valence-corrected chi connectivity index (χ3v) is 4.83. The van der Waals surface area contributed by atoms with Crippen LogP contribution in [0.3, 0.4) is 0 Å². The molecular weight excluding hydrogens is 342 g/mol. The van der Waals surface area contributed by atoms with Crippen molar-refractivity contribution in [3.63, 3.8) is 0 Å². The highest BCUT2D eigenvalue weighted by atomic mass is 35.5. The van der Waals surface area contributed by atoms with E-state index in [4.69, 9.17) is 16.3 Å². The molecule has 0 aliphatic carbocycles. The molecule has 2 amide bonds. The minimum Gasteiger partial charge on any atom is -0.492 e. The second kappa shape index (κ2) is 9.06. The smallest absolute Gasteiger partial charge is 0.239 e. The summed E-state index contributed by atoms with van der Waals surface area (Å²) in [4.78, 5) is 29.6. The molecule has 1 unspecified atom stereocenters. The quantitative estimate of drug-likeness (QED) is 0.768. The van der Waals surface area contributed by atoms with Crippen molar-refractivity contribution in [2.75, 3.05) is 46.4 Å². The number of carbonyl (C=O) groups is 2. The molecule has 138 valence electrons. The monoisotopic (exact) mass is 367 g/mol. The lowest BCUT2D eigenvalue weighted by molar-refractivity contribution is -0.141. The van der Waals surface area contributed by atoms with Crippen molar-refractivity contribution in [3.8, 4) is 5.75 Å². The van der Waals surface area contributed by atoms with Gasteiger partial charge in [0.05, 0.1) is 6.04 Å². The predicted molar refractivity (Wildman–Crippen MR) is 97.9 cm³/mol. The maximum Gasteiger partial charge on any atom is 0.239 e. The van der Waals surface area contributed by atoms with Crippen molar-refractivity contribution in [2.24, 2.45) is 0 Å². The van der Waals surface area contributed by atoms with E-state index in [9.17, 15) is 9.59 Å². The average Bonchev–Trinajstić information content (AvgIpc) is 2.62. The lowest BCUT2D eigenvalue weighted by Gasteiger charge is -2.37. The fourth-order valence-electron chi connectivity index (χ4n) is 2.73. The van der Waals surface area contributed by atoms with Gasteiger partial charge in [-0.15, -0.1) is 0 Å². The van der Waals surface area contributed by atoms with Gasteiger partial charge in [0.15, 0.2) is 0 Å². The molecule has 1 aliphatic rings. The Bertz CT molecular complexity index is 586. The number of rotatable bonds is 6. The third-order valence-electron chi connectivity index (χ3n) is 4.58. The first-order valence-corrected chi connectivity index (χ1v) is 8.89. The zero-order valence-electron chi connectivity index (χ0n) is 15.1.